The van der Waals surface area contributed by atoms with E-state index in [-0.39, 0.29) is 5.63 Å². The Kier molecular flexibility index (Phi) is 1.47. The van der Waals surface area contributed by atoms with Crippen molar-refractivity contribution in [3.05, 3.63) is 53.2 Å². The summed E-state index contributed by atoms with van der Waals surface area (Å²) in [5.41, 5.74) is 1.11. The highest BCUT2D eigenvalue weighted by atomic mass is 16.4. The minimum Gasteiger partial charge on any atom is -0.423 e. The van der Waals surface area contributed by atoms with Gasteiger partial charge in [-0.15, -0.1) is 0 Å². The molecule has 1 aromatic carbocycles. The van der Waals surface area contributed by atoms with E-state index in [0.717, 1.165) is 10.9 Å². The van der Waals surface area contributed by atoms with E-state index in [1.165, 1.54) is 6.07 Å². The van der Waals surface area contributed by atoms with E-state index >= 15 is 0 Å². The lowest BCUT2D eigenvalue weighted by molar-refractivity contribution is 0.561. The molecule has 0 spiro atoms. The lowest BCUT2D eigenvalue weighted by Gasteiger charge is -1.95. The van der Waals surface area contributed by atoms with Gasteiger partial charge in [0.1, 0.15) is 5.58 Å². The molecule has 1 heterocycles. The summed E-state index contributed by atoms with van der Waals surface area (Å²) in [7, 11) is 0. The van der Waals surface area contributed by atoms with Crippen molar-refractivity contribution in [3.8, 4) is 0 Å². The maximum atomic E-state index is 10.8. The van der Waals surface area contributed by atoms with Crippen LogP contribution >= 0.6 is 0 Å². The summed E-state index contributed by atoms with van der Waals surface area (Å²) in [6.07, 6.45) is 0. The van der Waals surface area contributed by atoms with Crippen molar-refractivity contribution in [1.29, 1.82) is 0 Å². The van der Waals surface area contributed by atoms with Gasteiger partial charge in [0.05, 0.1) is 0 Å². The first-order chi connectivity index (χ1) is 5.75. The van der Waals surface area contributed by atoms with Crippen LogP contribution in [0.5, 0.6) is 0 Å². The topological polar surface area (TPSA) is 30.2 Å². The van der Waals surface area contributed by atoms with Crippen molar-refractivity contribution in [2.24, 2.45) is 0 Å². The van der Waals surface area contributed by atoms with Gasteiger partial charge in [-0.1, -0.05) is 12.1 Å². The number of benzene rings is 1. The molecule has 0 aliphatic rings. The van der Waals surface area contributed by atoms with Crippen LogP contribution in [-0.4, -0.2) is 0 Å². The molecule has 0 aliphatic carbocycles. The Labute approximate surface area is 69.4 Å². The standard InChI is InChI=1S/C10H7O2/c1-7-2-3-8-4-5-10(11)12-9(8)6-7/h2-6H,1H2. The first-order valence-electron chi connectivity index (χ1n) is 3.61. The quantitative estimate of drug-likeness (QED) is 0.550. The fourth-order valence-corrected chi connectivity index (χ4v) is 1.11. The van der Waals surface area contributed by atoms with Gasteiger partial charge in [-0.05, 0) is 24.6 Å². The molecule has 1 radical (unpaired) electrons. The first-order valence-corrected chi connectivity index (χ1v) is 3.61. The predicted octanol–water partition coefficient (Wildman–Crippen LogP) is 1.98. The highest BCUT2D eigenvalue weighted by Crippen LogP contribution is 2.12. The Morgan fingerprint density at radius 1 is 1.17 bits per heavy atom. The summed E-state index contributed by atoms with van der Waals surface area (Å²) in [6.45, 7) is 3.74. The van der Waals surface area contributed by atoms with E-state index in [2.05, 4.69) is 6.92 Å². The molecule has 2 heteroatoms. The zero-order valence-corrected chi connectivity index (χ0v) is 6.41. The van der Waals surface area contributed by atoms with Gasteiger partial charge >= 0.3 is 5.63 Å². The van der Waals surface area contributed by atoms with Crippen LogP contribution in [0.4, 0.5) is 0 Å². The number of hydrogen-bond acceptors (Lipinski definition) is 2. The minimum absolute atomic E-state index is 0.326. The van der Waals surface area contributed by atoms with Crippen molar-refractivity contribution in [1.82, 2.24) is 0 Å². The molecule has 0 atom stereocenters. The third kappa shape index (κ3) is 1.11. The van der Waals surface area contributed by atoms with Gasteiger partial charge in [0, 0.05) is 11.5 Å². The maximum absolute atomic E-state index is 10.8. The van der Waals surface area contributed by atoms with Crippen LogP contribution in [0.3, 0.4) is 0 Å². The molecular weight excluding hydrogens is 152 g/mol. The Bertz CT molecular complexity index is 468. The van der Waals surface area contributed by atoms with Gasteiger partial charge in [-0.25, -0.2) is 4.79 Å². The van der Waals surface area contributed by atoms with Crippen molar-refractivity contribution >= 4 is 11.0 Å². The lowest BCUT2D eigenvalue weighted by atomic mass is 10.2. The summed E-state index contributed by atoms with van der Waals surface area (Å²) < 4.78 is 4.95. The van der Waals surface area contributed by atoms with Crippen LogP contribution in [0, 0.1) is 6.92 Å². The van der Waals surface area contributed by atoms with E-state index in [1.54, 1.807) is 12.1 Å². The Balaban J connectivity index is 2.89. The summed E-state index contributed by atoms with van der Waals surface area (Å²) in [4.78, 5) is 10.8. The second-order valence-corrected chi connectivity index (χ2v) is 2.63. The van der Waals surface area contributed by atoms with Gasteiger partial charge in [-0.3, -0.25) is 0 Å². The van der Waals surface area contributed by atoms with Gasteiger partial charge in [0.2, 0.25) is 0 Å². The minimum atomic E-state index is -0.326. The average molecular weight is 159 g/mol. The summed E-state index contributed by atoms with van der Waals surface area (Å²) in [5, 5.41) is 0.919. The molecule has 0 N–H and O–H groups in total. The summed E-state index contributed by atoms with van der Waals surface area (Å²) >= 11 is 0. The molecule has 59 valence electrons. The third-order valence-electron chi connectivity index (χ3n) is 1.69. The normalized spacial score (nSPS) is 10.4. The summed E-state index contributed by atoms with van der Waals surface area (Å²) in [5.74, 6) is 0. The molecular formula is C10H7O2. The Morgan fingerprint density at radius 3 is 2.75 bits per heavy atom. The van der Waals surface area contributed by atoms with Crippen molar-refractivity contribution < 1.29 is 4.42 Å². The van der Waals surface area contributed by atoms with E-state index in [0.29, 0.717) is 5.58 Å². The van der Waals surface area contributed by atoms with Gasteiger partial charge in [-0.2, -0.15) is 0 Å². The fraction of sp³-hybridized carbons (Fsp3) is 0. The van der Waals surface area contributed by atoms with Crippen LogP contribution in [0.2, 0.25) is 0 Å². The Hall–Kier alpha value is -1.57. The number of fused-ring (bicyclic) bond motifs is 1. The van der Waals surface area contributed by atoms with Crippen LogP contribution in [0.25, 0.3) is 11.0 Å². The van der Waals surface area contributed by atoms with E-state index < -0.39 is 0 Å². The monoisotopic (exact) mass is 159 g/mol. The SMILES string of the molecule is [CH2]c1ccc2ccc(=O)oc2c1. The molecule has 12 heavy (non-hydrogen) atoms. The molecule has 2 aromatic rings. The molecule has 0 saturated carbocycles. The van der Waals surface area contributed by atoms with E-state index in [1.807, 2.05) is 12.1 Å². The summed E-state index contributed by atoms with van der Waals surface area (Å²) in [6, 6.07) is 8.64. The van der Waals surface area contributed by atoms with Gasteiger partial charge in [0.25, 0.3) is 0 Å². The number of hydrogen-bond donors (Lipinski definition) is 0. The molecule has 0 saturated heterocycles. The van der Waals surface area contributed by atoms with Crippen LogP contribution in [0.1, 0.15) is 5.56 Å². The van der Waals surface area contributed by atoms with Crippen molar-refractivity contribution in [2.45, 2.75) is 0 Å². The van der Waals surface area contributed by atoms with E-state index in [4.69, 9.17) is 4.42 Å². The average Bonchev–Trinajstić information content (AvgIpc) is 2.03. The largest absolute Gasteiger partial charge is 0.423 e. The van der Waals surface area contributed by atoms with Crippen molar-refractivity contribution in [2.75, 3.05) is 0 Å². The molecule has 2 nitrogen and oxygen atoms in total. The highest BCUT2D eigenvalue weighted by Gasteiger charge is 1.95. The van der Waals surface area contributed by atoms with Crippen molar-refractivity contribution in [3.63, 3.8) is 0 Å². The molecule has 2 rings (SSSR count). The first kappa shape index (κ1) is 7.10. The molecule has 0 fully saturated rings. The van der Waals surface area contributed by atoms with Gasteiger partial charge < -0.3 is 4.42 Å². The Morgan fingerprint density at radius 2 is 1.92 bits per heavy atom. The van der Waals surface area contributed by atoms with E-state index in [9.17, 15) is 4.79 Å². The zero-order chi connectivity index (χ0) is 8.55. The fourth-order valence-electron chi connectivity index (χ4n) is 1.11. The molecule has 0 amide bonds. The smallest absolute Gasteiger partial charge is 0.336 e. The predicted molar refractivity (Wildman–Crippen MR) is 46.9 cm³/mol. The second-order valence-electron chi connectivity index (χ2n) is 2.63. The zero-order valence-electron chi connectivity index (χ0n) is 6.41. The lowest BCUT2D eigenvalue weighted by Crippen LogP contribution is -1.93. The van der Waals surface area contributed by atoms with Crippen LogP contribution in [-0.2, 0) is 0 Å². The molecule has 0 aliphatic heterocycles. The molecule has 0 unspecified atom stereocenters. The molecule has 0 bridgehead atoms. The number of rotatable bonds is 0. The second kappa shape index (κ2) is 2.48. The highest BCUT2D eigenvalue weighted by molar-refractivity contribution is 5.76. The van der Waals surface area contributed by atoms with Crippen LogP contribution in [0.15, 0.2) is 39.5 Å². The third-order valence-corrected chi connectivity index (χ3v) is 1.69. The molecule has 1 aromatic heterocycles. The van der Waals surface area contributed by atoms with Gasteiger partial charge in [0.15, 0.2) is 0 Å². The van der Waals surface area contributed by atoms with Crippen LogP contribution < -0.4 is 5.63 Å². The maximum Gasteiger partial charge on any atom is 0.336 e.